The Morgan fingerprint density at radius 3 is 2.88 bits per heavy atom. The van der Waals surface area contributed by atoms with Gasteiger partial charge in [0, 0.05) is 13.2 Å². The summed E-state index contributed by atoms with van der Waals surface area (Å²) in [4.78, 5) is 0. The fourth-order valence-electron chi connectivity index (χ4n) is 1.81. The topological polar surface area (TPSA) is 21.3 Å². The molecule has 1 rings (SSSR count). The number of hydrogen-bond donors (Lipinski definition) is 1. The van der Waals surface area contributed by atoms with Crippen molar-refractivity contribution < 1.29 is 9.13 Å². The van der Waals surface area contributed by atoms with Crippen molar-refractivity contribution in [3.05, 3.63) is 34.1 Å². The molecular formula is C13H19BrFNO. The summed E-state index contributed by atoms with van der Waals surface area (Å²) in [5.41, 5.74) is 1.00. The second-order valence-electron chi connectivity index (χ2n) is 3.96. The van der Waals surface area contributed by atoms with Crippen LogP contribution in [0, 0.1) is 5.82 Å². The maximum atomic E-state index is 13.3. The van der Waals surface area contributed by atoms with Gasteiger partial charge in [0.25, 0.3) is 0 Å². The molecule has 1 aromatic rings. The predicted molar refractivity (Wildman–Crippen MR) is 71.8 cm³/mol. The van der Waals surface area contributed by atoms with Crippen molar-refractivity contribution in [3.63, 3.8) is 0 Å². The maximum absolute atomic E-state index is 13.3. The number of ether oxygens (including phenoxy) is 1. The lowest BCUT2D eigenvalue weighted by Crippen LogP contribution is -2.33. The highest BCUT2D eigenvalue weighted by atomic mass is 79.9. The minimum absolute atomic E-state index is 0.200. The summed E-state index contributed by atoms with van der Waals surface area (Å²) in [5.74, 6) is -0.200. The molecule has 0 aliphatic heterocycles. The summed E-state index contributed by atoms with van der Waals surface area (Å²) in [7, 11) is 1.70. The van der Waals surface area contributed by atoms with Crippen LogP contribution in [0.2, 0.25) is 0 Å². The lowest BCUT2D eigenvalue weighted by atomic mass is 10.1. The zero-order chi connectivity index (χ0) is 12.7. The highest BCUT2D eigenvalue weighted by Gasteiger charge is 2.10. The number of hydrogen-bond acceptors (Lipinski definition) is 2. The smallest absolute Gasteiger partial charge is 0.137 e. The zero-order valence-electron chi connectivity index (χ0n) is 10.3. The second-order valence-corrected chi connectivity index (χ2v) is 4.75. The van der Waals surface area contributed by atoms with Crippen LogP contribution < -0.4 is 5.32 Å². The molecule has 1 N–H and O–H groups in total. The molecule has 4 heteroatoms. The van der Waals surface area contributed by atoms with E-state index in [9.17, 15) is 4.39 Å². The first-order chi connectivity index (χ1) is 8.19. The van der Waals surface area contributed by atoms with Gasteiger partial charge in [-0.15, -0.1) is 0 Å². The minimum Gasteiger partial charge on any atom is -0.383 e. The zero-order valence-corrected chi connectivity index (χ0v) is 11.9. The van der Waals surface area contributed by atoms with Gasteiger partial charge < -0.3 is 10.1 Å². The van der Waals surface area contributed by atoms with Gasteiger partial charge in [-0.25, -0.2) is 4.39 Å². The van der Waals surface area contributed by atoms with Gasteiger partial charge in [0.2, 0.25) is 0 Å². The molecule has 0 saturated carbocycles. The van der Waals surface area contributed by atoms with Crippen molar-refractivity contribution in [1.29, 1.82) is 0 Å². The van der Waals surface area contributed by atoms with E-state index < -0.39 is 0 Å². The van der Waals surface area contributed by atoms with E-state index >= 15 is 0 Å². The van der Waals surface area contributed by atoms with E-state index in [1.807, 2.05) is 6.07 Å². The number of likely N-dealkylation sites (N-methyl/N-ethyl adjacent to an activating group) is 1. The van der Waals surface area contributed by atoms with E-state index in [-0.39, 0.29) is 5.82 Å². The third kappa shape index (κ3) is 4.74. The molecule has 0 spiro atoms. The van der Waals surface area contributed by atoms with Gasteiger partial charge in [-0.2, -0.15) is 0 Å². The summed E-state index contributed by atoms with van der Waals surface area (Å²) in [6, 6.07) is 5.47. The molecule has 2 nitrogen and oxygen atoms in total. The van der Waals surface area contributed by atoms with Gasteiger partial charge >= 0.3 is 0 Å². The van der Waals surface area contributed by atoms with E-state index in [0.29, 0.717) is 17.1 Å². The first-order valence-electron chi connectivity index (χ1n) is 5.84. The van der Waals surface area contributed by atoms with Crippen LogP contribution in [-0.4, -0.2) is 26.3 Å². The molecule has 96 valence electrons. The molecule has 0 bridgehead atoms. The minimum atomic E-state index is -0.200. The molecule has 0 aliphatic rings. The lowest BCUT2D eigenvalue weighted by molar-refractivity contribution is 0.163. The average Bonchev–Trinajstić information content (AvgIpc) is 2.31. The Kier molecular flexibility index (Phi) is 6.70. The number of nitrogens with one attached hydrogen (secondary N) is 1. The molecular weight excluding hydrogens is 285 g/mol. The number of halogens is 2. The fourth-order valence-corrected chi connectivity index (χ4v) is 2.27. The number of benzene rings is 1. The molecule has 1 unspecified atom stereocenters. The van der Waals surface area contributed by atoms with Crippen molar-refractivity contribution in [3.8, 4) is 0 Å². The SMILES string of the molecule is CCNC(CCc1cccc(F)c1Br)COC. The van der Waals surface area contributed by atoms with Crippen LogP contribution in [-0.2, 0) is 11.2 Å². The van der Waals surface area contributed by atoms with Crippen LogP contribution in [0.5, 0.6) is 0 Å². The quantitative estimate of drug-likeness (QED) is 0.835. The van der Waals surface area contributed by atoms with Crippen molar-refractivity contribution in [1.82, 2.24) is 5.32 Å². The maximum Gasteiger partial charge on any atom is 0.137 e. The highest BCUT2D eigenvalue weighted by molar-refractivity contribution is 9.10. The normalized spacial score (nSPS) is 12.7. The van der Waals surface area contributed by atoms with E-state index in [0.717, 1.165) is 24.9 Å². The molecule has 17 heavy (non-hydrogen) atoms. The predicted octanol–water partition coefficient (Wildman–Crippen LogP) is 3.15. The third-order valence-electron chi connectivity index (χ3n) is 2.65. The van der Waals surface area contributed by atoms with Crippen LogP contribution in [0.3, 0.4) is 0 Å². The monoisotopic (exact) mass is 303 g/mol. The largest absolute Gasteiger partial charge is 0.383 e. The molecule has 1 aromatic carbocycles. The van der Waals surface area contributed by atoms with Crippen LogP contribution >= 0.6 is 15.9 Å². The lowest BCUT2D eigenvalue weighted by Gasteiger charge is -2.17. The Morgan fingerprint density at radius 2 is 2.24 bits per heavy atom. The van der Waals surface area contributed by atoms with Crippen LogP contribution in [0.25, 0.3) is 0 Å². The van der Waals surface area contributed by atoms with E-state index in [1.54, 1.807) is 13.2 Å². The van der Waals surface area contributed by atoms with Gasteiger partial charge in [-0.3, -0.25) is 0 Å². The van der Waals surface area contributed by atoms with Crippen molar-refractivity contribution in [2.75, 3.05) is 20.3 Å². The Hall–Kier alpha value is -0.450. The van der Waals surface area contributed by atoms with Gasteiger partial charge in [-0.05, 0) is 46.9 Å². The van der Waals surface area contributed by atoms with Crippen LogP contribution in [0.15, 0.2) is 22.7 Å². The van der Waals surface area contributed by atoms with E-state index in [1.165, 1.54) is 6.07 Å². The number of rotatable bonds is 7. The molecule has 0 fully saturated rings. The molecule has 0 saturated heterocycles. The van der Waals surface area contributed by atoms with E-state index in [2.05, 4.69) is 28.2 Å². The van der Waals surface area contributed by atoms with Gasteiger partial charge in [-0.1, -0.05) is 19.1 Å². The van der Waals surface area contributed by atoms with Crippen molar-refractivity contribution in [2.24, 2.45) is 0 Å². The van der Waals surface area contributed by atoms with Crippen LogP contribution in [0.4, 0.5) is 4.39 Å². The Balaban J connectivity index is 2.55. The van der Waals surface area contributed by atoms with Gasteiger partial charge in [0.15, 0.2) is 0 Å². The molecule has 0 aliphatic carbocycles. The van der Waals surface area contributed by atoms with E-state index in [4.69, 9.17) is 4.74 Å². The third-order valence-corrected chi connectivity index (χ3v) is 3.54. The Labute approximate surface area is 111 Å². The summed E-state index contributed by atoms with van der Waals surface area (Å²) < 4.78 is 19.0. The second kappa shape index (κ2) is 7.80. The highest BCUT2D eigenvalue weighted by Crippen LogP contribution is 2.22. The number of methoxy groups -OCH3 is 1. The van der Waals surface area contributed by atoms with Crippen LogP contribution in [0.1, 0.15) is 18.9 Å². The first-order valence-corrected chi connectivity index (χ1v) is 6.63. The Bertz CT molecular complexity index is 340. The Morgan fingerprint density at radius 1 is 1.47 bits per heavy atom. The average molecular weight is 304 g/mol. The molecule has 0 heterocycles. The summed E-state index contributed by atoms with van der Waals surface area (Å²) in [5, 5.41) is 3.35. The van der Waals surface area contributed by atoms with Crippen molar-refractivity contribution >= 4 is 15.9 Å². The fraction of sp³-hybridized carbons (Fsp3) is 0.538. The first kappa shape index (κ1) is 14.6. The molecule has 0 amide bonds. The van der Waals surface area contributed by atoms with Crippen molar-refractivity contribution in [2.45, 2.75) is 25.8 Å². The number of aryl methyl sites for hydroxylation is 1. The standard InChI is InChI=1S/C13H19BrFNO/c1-3-16-11(9-17-2)8-7-10-5-4-6-12(15)13(10)14/h4-6,11,16H,3,7-9H2,1-2H3. The van der Waals surface area contributed by atoms with Gasteiger partial charge in [0.05, 0.1) is 11.1 Å². The molecule has 1 atom stereocenters. The molecule has 0 aromatic heterocycles. The summed E-state index contributed by atoms with van der Waals surface area (Å²) in [6.45, 7) is 3.67. The summed E-state index contributed by atoms with van der Waals surface area (Å²) in [6.07, 6.45) is 1.77. The van der Waals surface area contributed by atoms with Gasteiger partial charge in [0.1, 0.15) is 5.82 Å². The summed E-state index contributed by atoms with van der Waals surface area (Å²) >= 11 is 3.28. The molecule has 0 radical (unpaired) electrons.